The first-order valence-electron chi connectivity index (χ1n) is 6.68. The molecule has 0 aliphatic carbocycles. The van der Waals surface area contributed by atoms with Crippen molar-refractivity contribution < 1.29 is 4.79 Å². The number of hydrogen-bond donors (Lipinski definition) is 2. The van der Waals surface area contributed by atoms with Crippen LogP contribution in [-0.2, 0) is 4.79 Å². The monoisotopic (exact) mass is 326 g/mol. The van der Waals surface area contributed by atoms with Gasteiger partial charge in [-0.15, -0.1) is 0 Å². The van der Waals surface area contributed by atoms with Crippen LogP contribution in [0, 0.1) is 18.8 Å². The van der Waals surface area contributed by atoms with Gasteiger partial charge in [-0.05, 0) is 49.4 Å². The number of carbonyl (C=O) groups excluding carboxylic acids is 1. The Morgan fingerprint density at radius 3 is 2.68 bits per heavy atom. The summed E-state index contributed by atoms with van der Waals surface area (Å²) in [6, 6.07) is 5.87. The molecule has 1 rings (SSSR count). The van der Waals surface area contributed by atoms with E-state index >= 15 is 0 Å². The molecule has 0 radical (unpaired) electrons. The van der Waals surface area contributed by atoms with E-state index in [4.69, 9.17) is 5.73 Å². The minimum atomic E-state index is 0.0392. The number of nitrogens with two attached hydrogens (primary N) is 1. The summed E-state index contributed by atoms with van der Waals surface area (Å²) in [4.78, 5) is 12.0. The zero-order valence-corrected chi connectivity index (χ0v) is 13.5. The molecule has 0 fully saturated rings. The molecule has 0 saturated heterocycles. The highest BCUT2D eigenvalue weighted by atomic mass is 79.9. The molecule has 106 valence electrons. The Bertz CT molecular complexity index is 432. The van der Waals surface area contributed by atoms with Gasteiger partial charge in [0.05, 0.1) is 0 Å². The normalized spacial score (nSPS) is 12.5. The van der Waals surface area contributed by atoms with Crippen LogP contribution in [0.2, 0.25) is 0 Å². The molecular weight excluding hydrogens is 304 g/mol. The number of nitrogens with one attached hydrogen (secondary N) is 1. The molecule has 1 atom stereocenters. The lowest BCUT2D eigenvalue weighted by atomic mass is 9.94. The number of anilines is 1. The van der Waals surface area contributed by atoms with Gasteiger partial charge in [-0.25, -0.2) is 0 Å². The second-order valence-corrected chi connectivity index (χ2v) is 6.36. The third kappa shape index (κ3) is 5.74. The second-order valence-electron chi connectivity index (χ2n) is 5.44. The van der Waals surface area contributed by atoms with E-state index in [1.165, 1.54) is 0 Å². The molecule has 0 spiro atoms. The lowest BCUT2D eigenvalue weighted by Gasteiger charge is -2.17. The summed E-state index contributed by atoms with van der Waals surface area (Å²) in [6.45, 7) is 6.84. The number of hydrogen-bond acceptors (Lipinski definition) is 2. The van der Waals surface area contributed by atoms with Crippen LogP contribution in [0.1, 0.15) is 32.3 Å². The Labute approximate surface area is 124 Å². The van der Waals surface area contributed by atoms with E-state index in [9.17, 15) is 4.79 Å². The second kappa shape index (κ2) is 7.65. The molecule has 0 aromatic heterocycles. The summed E-state index contributed by atoms with van der Waals surface area (Å²) in [6.07, 6.45) is 1.47. The number of aryl methyl sites for hydroxylation is 1. The van der Waals surface area contributed by atoms with Crippen LogP contribution >= 0.6 is 15.9 Å². The Balaban J connectivity index is 2.61. The SMILES string of the molecule is Cc1ccc(Br)cc1NC(=O)C[C@@H](CN)CC(C)C. The highest BCUT2D eigenvalue weighted by Gasteiger charge is 2.14. The highest BCUT2D eigenvalue weighted by molar-refractivity contribution is 9.10. The van der Waals surface area contributed by atoms with Gasteiger partial charge in [0.2, 0.25) is 5.91 Å². The van der Waals surface area contributed by atoms with E-state index in [1.807, 2.05) is 25.1 Å². The molecule has 3 nitrogen and oxygen atoms in total. The van der Waals surface area contributed by atoms with Gasteiger partial charge in [-0.2, -0.15) is 0 Å². The molecule has 0 heterocycles. The lowest BCUT2D eigenvalue weighted by Crippen LogP contribution is -2.23. The standard InChI is InChI=1S/C15H23BrN2O/c1-10(2)6-12(9-17)7-15(19)18-14-8-13(16)5-4-11(14)3/h4-5,8,10,12H,6-7,9,17H2,1-3H3,(H,18,19)/t12-/m0/s1. The molecule has 0 bridgehead atoms. The van der Waals surface area contributed by atoms with Gasteiger partial charge in [0.25, 0.3) is 0 Å². The Morgan fingerprint density at radius 1 is 1.42 bits per heavy atom. The number of halogens is 1. The van der Waals surface area contributed by atoms with Crippen molar-refractivity contribution in [3.05, 3.63) is 28.2 Å². The number of carbonyl (C=O) groups is 1. The van der Waals surface area contributed by atoms with Gasteiger partial charge in [0.1, 0.15) is 0 Å². The average Bonchev–Trinajstić information content (AvgIpc) is 2.32. The predicted molar refractivity (Wildman–Crippen MR) is 84.1 cm³/mol. The van der Waals surface area contributed by atoms with Crippen molar-refractivity contribution in [3.8, 4) is 0 Å². The first-order valence-corrected chi connectivity index (χ1v) is 7.47. The van der Waals surface area contributed by atoms with Crippen molar-refractivity contribution >= 4 is 27.5 Å². The van der Waals surface area contributed by atoms with Crippen molar-refractivity contribution in [2.75, 3.05) is 11.9 Å². The summed E-state index contributed by atoms with van der Waals surface area (Å²) < 4.78 is 0.964. The van der Waals surface area contributed by atoms with Gasteiger partial charge >= 0.3 is 0 Å². The fourth-order valence-electron chi connectivity index (χ4n) is 2.12. The summed E-state index contributed by atoms with van der Waals surface area (Å²) >= 11 is 3.41. The maximum atomic E-state index is 12.0. The zero-order valence-electron chi connectivity index (χ0n) is 11.9. The van der Waals surface area contributed by atoms with E-state index in [1.54, 1.807) is 0 Å². The molecule has 3 N–H and O–H groups in total. The molecule has 0 saturated carbocycles. The molecule has 1 aromatic carbocycles. The van der Waals surface area contributed by atoms with Crippen LogP contribution in [0.4, 0.5) is 5.69 Å². The summed E-state index contributed by atoms with van der Waals surface area (Å²) in [5, 5.41) is 2.96. The molecule has 1 amide bonds. The first-order chi connectivity index (χ1) is 8.92. The summed E-state index contributed by atoms with van der Waals surface area (Å²) in [7, 11) is 0. The fraction of sp³-hybridized carbons (Fsp3) is 0.533. The van der Waals surface area contributed by atoms with Crippen LogP contribution in [0.3, 0.4) is 0 Å². The quantitative estimate of drug-likeness (QED) is 0.837. The fourth-order valence-corrected chi connectivity index (χ4v) is 2.48. The van der Waals surface area contributed by atoms with Gasteiger partial charge in [-0.3, -0.25) is 4.79 Å². The Kier molecular flexibility index (Phi) is 6.52. The van der Waals surface area contributed by atoms with Crippen molar-refractivity contribution in [2.24, 2.45) is 17.6 Å². The van der Waals surface area contributed by atoms with Crippen molar-refractivity contribution in [2.45, 2.75) is 33.6 Å². The molecule has 0 aliphatic heterocycles. The molecule has 0 unspecified atom stereocenters. The smallest absolute Gasteiger partial charge is 0.224 e. The third-order valence-corrected chi connectivity index (χ3v) is 3.58. The summed E-state index contributed by atoms with van der Waals surface area (Å²) in [5.74, 6) is 0.860. The lowest BCUT2D eigenvalue weighted by molar-refractivity contribution is -0.117. The minimum Gasteiger partial charge on any atom is -0.330 e. The van der Waals surface area contributed by atoms with Crippen molar-refractivity contribution in [1.82, 2.24) is 0 Å². The molecule has 19 heavy (non-hydrogen) atoms. The molecule has 4 heteroatoms. The Hall–Kier alpha value is -0.870. The van der Waals surface area contributed by atoms with Gasteiger partial charge < -0.3 is 11.1 Å². The van der Waals surface area contributed by atoms with Gasteiger partial charge in [-0.1, -0.05) is 35.8 Å². The average molecular weight is 327 g/mol. The van der Waals surface area contributed by atoms with Crippen LogP contribution < -0.4 is 11.1 Å². The van der Waals surface area contributed by atoms with Gasteiger partial charge in [0.15, 0.2) is 0 Å². The van der Waals surface area contributed by atoms with E-state index < -0.39 is 0 Å². The van der Waals surface area contributed by atoms with Gasteiger partial charge in [0, 0.05) is 16.6 Å². The predicted octanol–water partition coefficient (Wildman–Crippen LogP) is 3.71. The molecule has 0 aliphatic rings. The van der Waals surface area contributed by atoms with E-state index in [0.29, 0.717) is 18.9 Å². The summed E-state index contributed by atoms with van der Waals surface area (Å²) in [5.41, 5.74) is 7.65. The number of rotatable bonds is 6. The first kappa shape index (κ1) is 16.2. The van der Waals surface area contributed by atoms with Crippen molar-refractivity contribution in [1.29, 1.82) is 0 Å². The Morgan fingerprint density at radius 2 is 2.11 bits per heavy atom. The van der Waals surface area contributed by atoms with E-state index in [2.05, 4.69) is 35.1 Å². The van der Waals surface area contributed by atoms with Crippen molar-refractivity contribution in [3.63, 3.8) is 0 Å². The van der Waals surface area contributed by atoms with Crippen LogP contribution in [0.15, 0.2) is 22.7 Å². The van der Waals surface area contributed by atoms with Crippen LogP contribution in [0.5, 0.6) is 0 Å². The third-order valence-electron chi connectivity index (χ3n) is 3.09. The van der Waals surface area contributed by atoms with E-state index in [0.717, 1.165) is 22.1 Å². The van der Waals surface area contributed by atoms with Crippen LogP contribution in [0.25, 0.3) is 0 Å². The zero-order chi connectivity index (χ0) is 14.4. The maximum Gasteiger partial charge on any atom is 0.224 e. The van der Waals surface area contributed by atoms with Crippen LogP contribution in [-0.4, -0.2) is 12.5 Å². The molecular formula is C15H23BrN2O. The largest absolute Gasteiger partial charge is 0.330 e. The van der Waals surface area contributed by atoms with E-state index in [-0.39, 0.29) is 11.8 Å². The topological polar surface area (TPSA) is 55.1 Å². The minimum absolute atomic E-state index is 0.0392. The molecule has 1 aromatic rings. The number of benzene rings is 1. The maximum absolute atomic E-state index is 12.0. The number of amides is 1. The highest BCUT2D eigenvalue weighted by Crippen LogP contribution is 2.22.